The summed E-state index contributed by atoms with van der Waals surface area (Å²) in [5.41, 5.74) is 3.64. The van der Waals surface area contributed by atoms with E-state index in [4.69, 9.17) is 8.83 Å². The lowest BCUT2D eigenvalue weighted by Crippen LogP contribution is -2.21. The minimum atomic E-state index is 0.874. The molecule has 27 heavy (non-hydrogen) atoms. The number of allylic oxidation sites excluding steroid dienone is 1. The van der Waals surface area contributed by atoms with Crippen LogP contribution >= 0.6 is 0 Å². The van der Waals surface area contributed by atoms with Crippen LogP contribution < -0.4 is 21.3 Å². The molecular formula is C25H24O2. The van der Waals surface area contributed by atoms with Crippen LogP contribution in [0.25, 0.3) is 57.0 Å². The lowest BCUT2D eigenvalue weighted by atomic mass is 10.00. The molecule has 2 nitrogen and oxygen atoms in total. The highest BCUT2D eigenvalue weighted by Crippen LogP contribution is 2.28. The van der Waals surface area contributed by atoms with E-state index in [1.54, 1.807) is 0 Å². The molecule has 0 atom stereocenters. The van der Waals surface area contributed by atoms with Gasteiger partial charge in [-0.05, 0) is 49.4 Å². The Balaban J connectivity index is 2.43. The molecule has 2 heterocycles. The number of fused-ring (bicyclic) bond motifs is 5. The number of furan rings is 2. The maximum absolute atomic E-state index is 6.23. The van der Waals surface area contributed by atoms with E-state index in [1.807, 2.05) is 25.2 Å². The standard InChI is InChI=1S/C25H24O2/c1-5-9-17-19(8-4)26-21-14-12-16-13-15-22-25(23(16)24(17)21)18(10-6-2)20(27-22)11-7-3/h5,8-15H,1,6-7H2,2-4H3/b17-9+,18-10+,19-8+,20-11+. The fourth-order valence-electron chi connectivity index (χ4n) is 3.92. The smallest absolute Gasteiger partial charge is 0.136 e. The Hall–Kier alpha value is -3.00. The van der Waals surface area contributed by atoms with Gasteiger partial charge in [0.1, 0.15) is 22.0 Å². The molecule has 2 aromatic heterocycles. The Morgan fingerprint density at radius 3 is 2.04 bits per heavy atom. The Kier molecular flexibility index (Phi) is 4.49. The minimum Gasteiger partial charge on any atom is -0.456 e. The Morgan fingerprint density at radius 1 is 0.815 bits per heavy atom. The quantitative estimate of drug-likeness (QED) is 0.541. The van der Waals surface area contributed by atoms with Crippen molar-refractivity contribution in [1.82, 2.24) is 0 Å². The predicted octanol–water partition coefficient (Wildman–Crippen LogP) is 4.48. The summed E-state index contributed by atoms with van der Waals surface area (Å²) in [5.74, 6) is 0. The molecule has 0 aliphatic rings. The second-order valence-electron chi connectivity index (χ2n) is 6.65. The van der Waals surface area contributed by atoms with E-state index in [2.05, 4.69) is 56.8 Å². The highest BCUT2D eigenvalue weighted by Gasteiger charge is 2.14. The molecule has 0 spiro atoms. The van der Waals surface area contributed by atoms with Gasteiger partial charge in [-0.2, -0.15) is 0 Å². The van der Waals surface area contributed by atoms with Crippen LogP contribution in [0.5, 0.6) is 0 Å². The highest BCUT2D eigenvalue weighted by molar-refractivity contribution is 6.19. The maximum Gasteiger partial charge on any atom is 0.136 e. The first kappa shape index (κ1) is 17.4. The second kappa shape index (κ2) is 6.96. The van der Waals surface area contributed by atoms with Gasteiger partial charge in [-0.15, -0.1) is 0 Å². The molecule has 0 bridgehead atoms. The minimum absolute atomic E-state index is 0.874. The van der Waals surface area contributed by atoms with Crippen LogP contribution in [0.3, 0.4) is 0 Å². The fraction of sp³-hybridized carbons (Fsp3) is 0.200. The number of rotatable bonds is 3. The molecule has 2 heteroatoms. The van der Waals surface area contributed by atoms with Crippen molar-refractivity contribution in [3.05, 3.63) is 58.2 Å². The van der Waals surface area contributed by atoms with Crippen molar-refractivity contribution in [1.29, 1.82) is 0 Å². The van der Waals surface area contributed by atoms with E-state index in [0.717, 1.165) is 45.4 Å². The summed E-state index contributed by atoms with van der Waals surface area (Å²) in [6.45, 7) is 10.2. The summed E-state index contributed by atoms with van der Waals surface area (Å²) in [6, 6.07) is 8.39. The Labute approximate surface area is 158 Å². The van der Waals surface area contributed by atoms with Crippen LogP contribution in [0.2, 0.25) is 0 Å². The molecule has 0 radical (unpaired) electrons. The molecule has 0 aliphatic carbocycles. The third-order valence-corrected chi connectivity index (χ3v) is 4.96. The molecule has 4 aromatic rings. The summed E-state index contributed by atoms with van der Waals surface area (Å²) < 4.78 is 12.4. The molecule has 0 N–H and O–H groups in total. The molecule has 0 unspecified atom stereocenters. The third-order valence-electron chi connectivity index (χ3n) is 4.96. The maximum atomic E-state index is 6.23. The van der Waals surface area contributed by atoms with Crippen LogP contribution in [-0.4, -0.2) is 0 Å². The van der Waals surface area contributed by atoms with Gasteiger partial charge >= 0.3 is 0 Å². The van der Waals surface area contributed by atoms with Crippen LogP contribution in [0.4, 0.5) is 0 Å². The lowest BCUT2D eigenvalue weighted by Gasteiger charge is -2.01. The van der Waals surface area contributed by atoms with Crippen LogP contribution in [0.15, 0.2) is 45.8 Å². The number of hydrogen-bond acceptors (Lipinski definition) is 2. The highest BCUT2D eigenvalue weighted by atomic mass is 16.3. The SMILES string of the molecule is C=C/C=c1\c(=C/C)oc2ccc3ccc4oc(=C/CC)/c(=C\CC)c4c3c12. The van der Waals surface area contributed by atoms with Gasteiger partial charge in [0.05, 0.1) is 0 Å². The van der Waals surface area contributed by atoms with Crippen LogP contribution in [-0.2, 0) is 0 Å². The zero-order chi connectivity index (χ0) is 19.0. The molecule has 2 aromatic carbocycles. The average Bonchev–Trinajstić information content (AvgIpc) is 3.21. The first-order chi connectivity index (χ1) is 13.2. The van der Waals surface area contributed by atoms with Crippen LogP contribution in [0.1, 0.15) is 33.6 Å². The number of hydrogen-bond donors (Lipinski definition) is 0. The third kappa shape index (κ3) is 2.64. The van der Waals surface area contributed by atoms with E-state index < -0.39 is 0 Å². The van der Waals surface area contributed by atoms with E-state index >= 15 is 0 Å². The van der Waals surface area contributed by atoms with Gasteiger partial charge < -0.3 is 8.83 Å². The van der Waals surface area contributed by atoms with Gasteiger partial charge in [0, 0.05) is 26.6 Å². The largest absolute Gasteiger partial charge is 0.456 e. The summed E-state index contributed by atoms with van der Waals surface area (Å²) in [4.78, 5) is 0. The van der Waals surface area contributed by atoms with E-state index in [0.29, 0.717) is 0 Å². The average molecular weight is 356 g/mol. The van der Waals surface area contributed by atoms with Crippen molar-refractivity contribution in [2.45, 2.75) is 33.6 Å². The van der Waals surface area contributed by atoms with Gasteiger partial charge in [-0.25, -0.2) is 0 Å². The van der Waals surface area contributed by atoms with E-state index in [1.165, 1.54) is 21.4 Å². The molecule has 0 saturated heterocycles. The Bertz CT molecular complexity index is 1410. The topological polar surface area (TPSA) is 26.3 Å². The monoisotopic (exact) mass is 356 g/mol. The summed E-state index contributed by atoms with van der Waals surface area (Å²) in [6.07, 6.45) is 12.2. The van der Waals surface area contributed by atoms with E-state index in [-0.39, 0.29) is 0 Å². The molecule has 0 amide bonds. The normalized spacial score (nSPS) is 15.1. The summed E-state index contributed by atoms with van der Waals surface area (Å²) >= 11 is 0. The van der Waals surface area contributed by atoms with Crippen molar-refractivity contribution < 1.29 is 8.83 Å². The van der Waals surface area contributed by atoms with Crippen molar-refractivity contribution in [2.75, 3.05) is 0 Å². The van der Waals surface area contributed by atoms with Crippen molar-refractivity contribution in [2.24, 2.45) is 0 Å². The molecule has 0 saturated carbocycles. The molecule has 0 aliphatic heterocycles. The van der Waals surface area contributed by atoms with Crippen LogP contribution in [0, 0.1) is 0 Å². The molecule has 136 valence electrons. The first-order valence-corrected chi connectivity index (χ1v) is 9.59. The lowest BCUT2D eigenvalue weighted by molar-refractivity contribution is 0.573. The Morgan fingerprint density at radius 2 is 1.44 bits per heavy atom. The zero-order valence-electron chi connectivity index (χ0n) is 16.1. The van der Waals surface area contributed by atoms with Crippen molar-refractivity contribution in [3.63, 3.8) is 0 Å². The van der Waals surface area contributed by atoms with Crippen molar-refractivity contribution in [3.8, 4) is 0 Å². The number of benzene rings is 2. The fourth-order valence-corrected chi connectivity index (χ4v) is 3.92. The first-order valence-electron chi connectivity index (χ1n) is 9.59. The van der Waals surface area contributed by atoms with E-state index in [9.17, 15) is 0 Å². The van der Waals surface area contributed by atoms with Gasteiger partial charge in [-0.3, -0.25) is 0 Å². The van der Waals surface area contributed by atoms with Gasteiger partial charge in [-0.1, -0.05) is 50.8 Å². The summed E-state index contributed by atoms with van der Waals surface area (Å²) in [5, 5.41) is 6.92. The molecule has 4 rings (SSSR count). The van der Waals surface area contributed by atoms with Crippen molar-refractivity contribution >= 4 is 57.0 Å². The molecule has 0 fully saturated rings. The predicted molar refractivity (Wildman–Crippen MR) is 116 cm³/mol. The summed E-state index contributed by atoms with van der Waals surface area (Å²) in [7, 11) is 0. The van der Waals surface area contributed by atoms with Gasteiger partial charge in [0.25, 0.3) is 0 Å². The van der Waals surface area contributed by atoms with Gasteiger partial charge in [0.15, 0.2) is 0 Å². The van der Waals surface area contributed by atoms with Gasteiger partial charge in [0.2, 0.25) is 0 Å². The molecular weight excluding hydrogens is 332 g/mol. The second-order valence-corrected chi connectivity index (χ2v) is 6.65. The zero-order valence-corrected chi connectivity index (χ0v) is 16.1.